The Balaban J connectivity index is 2.23. The van der Waals surface area contributed by atoms with E-state index in [1.54, 1.807) is 0 Å². The quantitative estimate of drug-likeness (QED) is 0.493. The lowest BCUT2D eigenvalue weighted by Crippen LogP contribution is -2.45. The lowest BCUT2D eigenvalue weighted by atomic mass is 9.98. The van der Waals surface area contributed by atoms with Crippen molar-refractivity contribution in [1.29, 1.82) is 0 Å². The Morgan fingerprint density at radius 3 is 2.63 bits per heavy atom. The molecule has 1 saturated carbocycles. The third-order valence-corrected chi connectivity index (χ3v) is 3.53. The van der Waals surface area contributed by atoms with Crippen LogP contribution in [0.3, 0.4) is 0 Å². The summed E-state index contributed by atoms with van der Waals surface area (Å²) in [5, 5.41) is 13.6. The maximum atomic E-state index is 12.2. The van der Waals surface area contributed by atoms with E-state index in [2.05, 4.69) is 5.32 Å². The summed E-state index contributed by atoms with van der Waals surface area (Å²) in [6.07, 6.45) is 2.19. The van der Waals surface area contributed by atoms with Gasteiger partial charge < -0.3 is 11.1 Å². The Hall–Kier alpha value is -2.11. The van der Waals surface area contributed by atoms with Crippen molar-refractivity contribution in [3.63, 3.8) is 0 Å². The monoisotopic (exact) mass is 263 g/mol. The van der Waals surface area contributed by atoms with Crippen LogP contribution in [0, 0.1) is 16.0 Å². The van der Waals surface area contributed by atoms with Crippen molar-refractivity contribution in [3.05, 3.63) is 33.9 Å². The van der Waals surface area contributed by atoms with E-state index in [4.69, 9.17) is 5.73 Å². The van der Waals surface area contributed by atoms with Crippen LogP contribution in [-0.2, 0) is 0 Å². The number of nitrogen functional groups attached to an aromatic ring is 1. The van der Waals surface area contributed by atoms with Crippen molar-refractivity contribution in [2.75, 3.05) is 5.73 Å². The van der Waals surface area contributed by atoms with Crippen LogP contribution in [0.25, 0.3) is 0 Å². The number of nitro groups is 1. The maximum absolute atomic E-state index is 12.2. The van der Waals surface area contributed by atoms with E-state index in [0.717, 1.165) is 12.8 Å². The number of hydrogen-bond acceptors (Lipinski definition) is 4. The van der Waals surface area contributed by atoms with Crippen LogP contribution >= 0.6 is 0 Å². The number of anilines is 1. The number of nitro benzene ring substituents is 1. The smallest absolute Gasteiger partial charge is 0.270 e. The van der Waals surface area contributed by atoms with Crippen LogP contribution in [0.4, 0.5) is 11.4 Å². The molecule has 0 heterocycles. The van der Waals surface area contributed by atoms with Crippen molar-refractivity contribution in [1.82, 2.24) is 5.32 Å². The summed E-state index contributed by atoms with van der Waals surface area (Å²) in [6.45, 7) is 3.91. The van der Waals surface area contributed by atoms with Gasteiger partial charge in [-0.05, 0) is 38.7 Å². The minimum absolute atomic E-state index is 0.136. The van der Waals surface area contributed by atoms with Gasteiger partial charge in [0.15, 0.2) is 0 Å². The van der Waals surface area contributed by atoms with Crippen LogP contribution in [-0.4, -0.2) is 16.4 Å². The van der Waals surface area contributed by atoms with E-state index in [1.165, 1.54) is 18.2 Å². The number of nitrogens with one attached hydrogen (secondary N) is 1. The Morgan fingerprint density at radius 1 is 1.47 bits per heavy atom. The molecule has 0 spiro atoms. The molecular weight excluding hydrogens is 246 g/mol. The number of benzene rings is 1. The first-order valence-corrected chi connectivity index (χ1v) is 6.17. The van der Waals surface area contributed by atoms with Crippen molar-refractivity contribution in [3.8, 4) is 0 Å². The number of non-ortho nitro benzene ring substituents is 1. The van der Waals surface area contributed by atoms with Gasteiger partial charge in [-0.3, -0.25) is 14.9 Å². The Morgan fingerprint density at radius 2 is 2.11 bits per heavy atom. The molecule has 0 bridgehead atoms. The molecule has 0 aliphatic heterocycles. The van der Waals surface area contributed by atoms with Crippen LogP contribution in [0.5, 0.6) is 0 Å². The Bertz CT molecular complexity index is 536. The van der Waals surface area contributed by atoms with Crippen LogP contribution in [0.1, 0.15) is 37.0 Å². The first-order chi connectivity index (χ1) is 8.81. The highest BCUT2D eigenvalue weighted by atomic mass is 16.6. The minimum Gasteiger partial charge on any atom is -0.398 e. The molecule has 6 heteroatoms. The predicted molar refractivity (Wildman–Crippen MR) is 71.8 cm³/mol. The second-order valence-electron chi connectivity index (χ2n) is 5.48. The molecule has 1 amide bonds. The van der Waals surface area contributed by atoms with Gasteiger partial charge in [0.2, 0.25) is 0 Å². The molecule has 19 heavy (non-hydrogen) atoms. The minimum atomic E-state index is -0.539. The summed E-state index contributed by atoms with van der Waals surface area (Å²) in [5.74, 6) is 0.106. The first-order valence-electron chi connectivity index (χ1n) is 6.17. The summed E-state index contributed by atoms with van der Waals surface area (Å²) in [4.78, 5) is 22.4. The van der Waals surface area contributed by atoms with Crippen molar-refractivity contribution < 1.29 is 9.72 Å². The van der Waals surface area contributed by atoms with Crippen molar-refractivity contribution in [2.45, 2.75) is 32.2 Å². The number of carbonyl (C=O) groups excluding carboxylic acids is 1. The highest BCUT2D eigenvalue weighted by Gasteiger charge is 2.39. The third kappa shape index (κ3) is 2.83. The summed E-state index contributed by atoms with van der Waals surface area (Å²) in [6, 6.07) is 3.89. The lowest BCUT2D eigenvalue weighted by Gasteiger charge is -2.26. The van der Waals surface area contributed by atoms with Gasteiger partial charge in [-0.1, -0.05) is 0 Å². The van der Waals surface area contributed by atoms with Crippen LogP contribution in [0.15, 0.2) is 18.2 Å². The number of rotatable bonds is 4. The zero-order valence-electron chi connectivity index (χ0n) is 11.0. The predicted octanol–water partition coefficient (Wildman–Crippen LogP) is 2.10. The fourth-order valence-corrected chi connectivity index (χ4v) is 2.12. The molecule has 0 saturated heterocycles. The van der Waals surface area contributed by atoms with E-state index in [-0.39, 0.29) is 28.4 Å². The Labute approximate surface area is 111 Å². The van der Waals surface area contributed by atoms with Gasteiger partial charge in [0.1, 0.15) is 0 Å². The SMILES string of the molecule is CC(C)(NC(=O)c1cc([N+](=O)[O-])ccc1N)C1CC1. The molecule has 102 valence electrons. The van der Waals surface area contributed by atoms with Crippen molar-refractivity contribution >= 4 is 17.3 Å². The standard InChI is InChI=1S/C13H17N3O3/c1-13(2,8-3-4-8)15-12(17)10-7-9(16(18)19)5-6-11(10)14/h5-8H,3-4,14H2,1-2H3,(H,15,17). The second-order valence-corrected chi connectivity index (χ2v) is 5.48. The zero-order chi connectivity index (χ0) is 14.2. The van der Waals surface area contributed by atoms with Gasteiger partial charge in [-0.25, -0.2) is 0 Å². The zero-order valence-corrected chi connectivity index (χ0v) is 11.0. The Kier molecular flexibility index (Phi) is 3.18. The topological polar surface area (TPSA) is 98.3 Å². The molecule has 2 rings (SSSR count). The molecule has 1 aromatic carbocycles. The highest BCUT2D eigenvalue weighted by molar-refractivity contribution is 6.00. The van der Waals surface area contributed by atoms with E-state index in [1.807, 2.05) is 13.8 Å². The molecule has 0 radical (unpaired) electrons. The summed E-state index contributed by atoms with van der Waals surface area (Å²) in [7, 11) is 0. The number of hydrogen-bond donors (Lipinski definition) is 2. The van der Waals surface area contributed by atoms with Gasteiger partial charge in [0.05, 0.1) is 10.5 Å². The second kappa shape index (κ2) is 4.53. The highest BCUT2D eigenvalue weighted by Crippen LogP contribution is 2.39. The van der Waals surface area contributed by atoms with Gasteiger partial charge in [-0.15, -0.1) is 0 Å². The average Bonchev–Trinajstić information content (AvgIpc) is 3.12. The number of amides is 1. The molecule has 1 aromatic rings. The van der Waals surface area contributed by atoms with Crippen LogP contribution in [0.2, 0.25) is 0 Å². The van der Waals surface area contributed by atoms with Crippen molar-refractivity contribution in [2.24, 2.45) is 5.92 Å². The van der Waals surface area contributed by atoms with E-state index < -0.39 is 4.92 Å². The molecule has 0 atom stereocenters. The normalized spacial score (nSPS) is 15.1. The van der Waals surface area contributed by atoms with Gasteiger partial charge in [0, 0.05) is 23.4 Å². The van der Waals surface area contributed by atoms with E-state index in [0.29, 0.717) is 5.92 Å². The number of nitrogens with zero attached hydrogens (tertiary/aromatic N) is 1. The van der Waals surface area contributed by atoms with Gasteiger partial charge in [0.25, 0.3) is 11.6 Å². The van der Waals surface area contributed by atoms with E-state index >= 15 is 0 Å². The molecule has 1 aliphatic carbocycles. The molecule has 0 unspecified atom stereocenters. The maximum Gasteiger partial charge on any atom is 0.270 e. The summed E-state index contributed by atoms with van der Waals surface area (Å²) in [5.41, 5.74) is 5.67. The largest absolute Gasteiger partial charge is 0.398 e. The molecule has 3 N–H and O–H groups in total. The van der Waals surface area contributed by atoms with E-state index in [9.17, 15) is 14.9 Å². The fraction of sp³-hybridized carbons (Fsp3) is 0.462. The van der Waals surface area contributed by atoms with Gasteiger partial charge in [-0.2, -0.15) is 0 Å². The summed E-state index contributed by atoms with van der Waals surface area (Å²) >= 11 is 0. The fourth-order valence-electron chi connectivity index (χ4n) is 2.12. The average molecular weight is 263 g/mol. The van der Waals surface area contributed by atoms with Crippen LogP contribution < -0.4 is 11.1 Å². The summed E-state index contributed by atoms with van der Waals surface area (Å²) < 4.78 is 0. The number of nitrogens with two attached hydrogens (primary N) is 1. The molecule has 6 nitrogen and oxygen atoms in total. The molecular formula is C13H17N3O3. The van der Waals surface area contributed by atoms with Gasteiger partial charge >= 0.3 is 0 Å². The first kappa shape index (κ1) is 13.3. The molecule has 1 aliphatic rings. The molecule has 0 aromatic heterocycles. The third-order valence-electron chi connectivity index (χ3n) is 3.53. The lowest BCUT2D eigenvalue weighted by molar-refractivity contribution is -0.384. The number of carbonyl (C=O) groups is 1. The molecule has 1 fully saturated rings.